The summed E-state index contributed by atoms with van der Waals surface area (Å²) in [6.45, 7) is 8.91. The minimum Gasteiger partial charge on any atom is -0.362 e. The lowest BCUT2D eigenvalue weighted by Crippen LogP contribution is -2.51. The number of piperazine rings is 1. The molecule has 5 heteroatoms. The first-order valence-corrected chi connectivity index (χ1v) is 7.87. The van der Waals surface area contributed by atoms with Gasteiger partial charge in [-0.3, -0.25) is 9.89 Å². The van der Waals surface area contributed by atoms with Crippen molar-refractivity contribution in [3.05, 3.63) is 0 Å². The van der Waals surface area contributed by atoms with Gasteiger partial charge in [0.05, 0.1) is 6.54 Å². The molecule has 104 valence electrons. The second-order valence-electron chi connectivity index (χ2n) is 5.76. The number of rotatable bonds is 2. The van der Waals surface area contributed by atoms with Crippen LogP contribution in [0.3, 0.4) is 0 Å². The van der Waals surface area contributed by atoms with Gasteiger partial charge >= 0.3 is 0 Å². The van der Waals surface area contributed by atoms with Gasteiger partial charge in [0.2, 0.25) is 0 Å². The maximum absolute atomic E-state index is 4.78. The molecule has 0 aromatic carbocycles. The maximum Gasteiger partial charge on any atom is 0.156 e. The normalized spacial score (nSPS) is 37.8. The maximum atomic E-state index is 4.78. The van der Waals surface area contributed by atoms with Crippen molar-refractivity contribution in [1.29, 1.82) is 0 Å². The largest absolute Gasteiger partial charge is 0.362 e. The number of nitrogens with zero attached hydrogens (tertiary/aromatic N) is 3. The van der Waals surface area contributed by atoms with E-state index in [9.17, 15) is 0 Å². The van der Waals surface area contributed by atoms with E-state index in [1.165, 1.54) is 12.3 Å². The van der Waals surface area contributed by atoms with Gasteiger partial charge in [-0.15, -0.1) is 0 Å². The third kappa shape index (κ3) is 3.62. The molecule has 4 nitrogen and oxygen atoms in total. The summed E-state index contributed by atoms with van der Waals surface area (Å²) in [7, 11) is 4.41. The van der Waals surface area contributed by atoms with Crippen molar-refractivity contribution in [3.63, 3.8) is 0 Å². The Labute approximate surface area is 115 Å². The van der Waals surface area contributed by atoms with Crippen LogP contribution in [0.25, 0.3) is 0 Å². The van der Waals surface area contributed by atoms with E-state index in [-0.39, 0.29) is 0 Å². The smallest absolute Gasteiger partial charge is 0.156 e. The van der Waals surface area contributed by atoms with Crippen LogP contribution >= 0.6 is 11.8 Å². The summed E-state index contributed by atoms with van der Waals surface area (Å²) < 4.78 is 0. The van der Waals surface area contributed by atoms with Gasteiger partial charge in [0.15, 0.2) is 5.17 Å². The van der Waals surface area contributed by atoms with E-state index in [0.717, 1.165) is 30.7 Å². The molecular formula is C13H26N4S. The van der Waals surface area contributed by atoms with E-state index in [1.807, 2.05) is 11.8 Å². The standard InChI is InChI=1S/C13H26N4S/c1-10-9-18-13(15-11(10)2)14-7-12-8-16(3)5-6-17(12)4/h10-12H,5-9H2,1-4H3,(H,14,15). The molecule has 1 N–H and O–H groups in total. The summed E-state index contributed by atoms with van der Waals surface area (Å²) in [6.07, 6.45) is 0. The molecule has 0 aromatic heterocycles. The molecule has 0 amide bonds. The number of amidine groups is 1. The highest BCUT2D eigenvalue weighted by Crippen LogP contribution is 2.19. The Hall–Kier alpha value is -0.260. The van der Waals surface area contributed by atoms with Crippen molar-refractivity contribution in [2.75, 3.05) is 46.0 Å². The molecule has 3 unspecified atom stereocenters. The molecule has 0 saturated carbocycles. The Morgan fingerprint density at radius 1 is 1.33 bits per heavy atom. The molecule has 3 atom stereocenters. The summed E-state index contributed by atoms with van der Waals surface area (Å²) in [4.78, 5) is 9.61. The molecule has 0 radical (unpaired) electrons. The minimum atomic E-state index is 0.553. The number of thioether (sulfide) groups is 1. The zero-order valence-electron chi connectivity index (χ0n) is 12.0. The van der Waals surface area contributed by atoms with Crippen LogP contribution in [0.15, 0.2) is 4.99 Å². The van der Waals surface area contributed by atoms with Crippen LogP contribution in [0.4, 0.5) is 0 Å². The van der Waals surface area contributed by atoms with Crippen molar-refractivity contribution in [2.45, 2.75) is 25.9 Å². The lowest BCUT2D eigenvalue weighted by atomic mass is 10.1. The molecule has 2 heterocycles. The number of hydrogen-bond acceptors (Lipinski definition) is 4. The molecule has 2 fully saturated rings. The second-order valence-corrected chi connectivity index (χ2v) is 6.77. The fraction of sp³-hybridized carbons (Fsp3) is 0.923. The Morgan fingerprint density at radius 2 is 2.11 bits per heavy atom. The fourth-order valence-electron chi connectivity index (χ4n) is 2.31. The molecule has 0 aromatic rings. The summed E-state index contributed by atoms with van der Waals surface area (Å²) in [5, 5.41) is 4.65. The van der Waals surface area contributed by atoms with Gasteiger partial charge in [-0.25, -0.2) is 0 Å². The van der Waals surface area contributed by atoms with Gasteiger partial charge in [0, 0.05) is 37.5 Å². The van der Waals surface area contributed by atoms with Crippen LogP contribution in [0.5, 0.6) is 0 Å². The molecule has 0 bridgehead atoms. The summed E-state index contributed by atoms with van der Waals surface area (Å²) in [5.41, 5.74) is 0. The minimum absolute atomic E-state index is 0.553. The van der Waals surface area contributed by atoms with Gasteiger partial charge in [0.1, 0.15) is 0 Å². The fourth-order valence-corrected chi connectivity index (χ4v) is 3.46. The molecule has 0 aliphatic carbocycles. The highest BCUT2D eigenvalue weighted by Gasteiger charge is 2.24. The number of likely N-dealkylation sites (N-methyl/N-ethyl adjacent to an activating group) is 2. The number of nitrogens with one attached hydrogen (secondary N) is 1. The molecule has 2 aliphatic rings. The average Bonchev–Trinajstić information content (AvgIpc) is 2.34. The van der Waals surface area contributed by atoms with E-state index in [1.54, 1.807) is 0 Å². The van der Waals surface area contributed by atoms with Crippen molar-refractivity contribution in [1.82, 2.24) is 15.1 Å². The van der Waals surface area contributed by atoms with Gasteiger partial charge in [-0.2, -0.15) is 0 Å². The topological polar surface area (TPSA) is 30.9 Å². The van der Waals surface area contributed by atoms with E-state index >= 15 is 0 Å². The average molecular weight is 270 g/mol. The second kappa shape index (κ2) is 6.26. The number of hydrogen-bond donors (Lipinski definition) is 1. The Balaban J connectivity index is 1.86. The van der Waals surface area contributed by atoms with Gasteiger partial charge in [-0.05, 0) is 26.9 Å². The van der Waals surface area contributed by atoms with Crippen molar-refractivity contribution in [2.24, 2.45) is 10.9 Å². The third-order valence-corrected chi connectivity index (χ3v) is 5.33. The molecular weight excluding hydrogens is 244 g/mol. The van der Waals surface area contributed by atoms with Crippen LogP contribution in [-0.4, -0.2) is 73.1 Å². The molecule has 0 spiro atoms. The molecule has 2 aliphatic heterocycles. The molecule has 18 heavy (non-hydrogen) atoms. The first-order valence-electron chi connectivity index (χ1n) is 6.89. The number of aliphatic imine (C=N–C) groups is 1. The SMILES string of the molecule is CC1CSC(=NCC2CN(C)CCN2C)NC1C. The van der Waals surface area contributed by atoms with Crippen molar-refractivity contribution in [3.8, 4) is 0 Å². The predicted octanol–water partition coefficient (Wildman–Crippen LogP) is 0.949. The van der Waals surface area contributed by atoms with Crippen LogP contribution in [0.2, 0.25) is 0 Å². The third-order valence-electron chi connectivity index (χ3n) is 4.11. The zero-order chi connectivity index (χ0) is 13.1. The summed E-state index contributed by atoms with van der Waals surface area (Å²) in [6, 6.07) is 1.12. The highest BCUT2D eigenvalue weighted by molar-refractivity contribution is 8.13. The highest BCUT2D eigenvalue weighted by atomic mass is 32.2. The van der Waals surface area contributed by atoms with Crippen LogP contribution in [0, 0.1) is 5.92 Å². The van der Waals surface area contributed by atoms with Gasteiger partial charge < -0.3 is 10.2 Å². The molecule has 2 rings (SSSR count). The van der Waals surface area contributed by atoms with Gasteiger partial charge in [-0.1, -0.05) is 18.7 Å². The van der Waals surface area contributed by atoms with E-state index < -0.39 is 0 Å². The molecule has 2 saturated heterocycles. The van der Waals surface area contributed by atoms with E-state index in [2.05, 4.69) is 43.1 Å². The van der Waals surface area contributed by atoms with E-state index in [0.29, 0.717) is 12.1 Å². The Morgan fingerprint density at radius 3 is 2.83 bits per heavy atom. The van der Waals surface area contributed by atoms with Crippen molar-refractivity contribution >= 4 is 16.9 Å². The lowest BCUT2D eigenvalue weighted by molar-refractivity contribution is 0.119. The zero-order valence-corrected chi connectivity index (χ0v) is 12.8. The first-order chi connectivity index (χ1) is 8.56. The van der Waals surface area contributed by atoms with Gasteiger partial charge in [0.25, 0.3) is 0 Å². The Kier molecular flexibility index (Phi) is 4.92. The van der Waals surface area contributed by atoms with Crippen LogP contribution < -0.4 is 5.32 Å². The monoisotopic (exact) mass is 270 g/mol. The first kappa shape index (κ1) is 14.2. The summed E-state index contributed by atoms with van der Waals surface area (Å²) >= 11 is 1.87. The van der Waals surface area contributed by atoms with Crippen molar-refractivity contribution < 1.29 is 0 Å². The van der Waals surface area contributed by atoms with Crippen LogP contribution in [0.1, 0.15) is 13.8 Å². The quantitative estimate of drug-likeness (QED) is 0.809. The van der Waals surface area contributed by atoms with E-state index in [4.69, 9.17) is 4.99 Å². The lowest BCUT2D eigenvalue weighted by Gasteiger charge is -2.37. The van der Waals surface area contributed by atoms with Crippen LogP contribution in [-0.2, 0) is 0 Å². The Bertz CT molecular complexity index is 307. The predicted molar refractivity (Wildman–Crippen MR) is 80.4 cm³/mol. The summed E-state index contributed by atoms with van der Waals surface area (Å²) in [5.74, 6) is 1.92.